The summed E-state index contributed by atoms with van der Waals surface area (Å²) in [5.74, 6) is 0. The first-order chi connectivity index (χ1) is 8.50. The molecule has 0 spiro atoms. The van der Waals surface area contributed by atoms with Crippen molar-refractivity contribution in [3.8, 4) is 0 Å². The molecule has 0 aromatic heterocycles. The largest absolute Gasteiger partial charge is 0.369 e. The van der Waals surface area contributed by atoms with E-state index in [1.54, 1.807) is 0 Å². The summed E-state index contributed by atoms with van der Waals surface area (Å²) in [5.41, 5.74) is 1.34. The third kappa shape index (κ3) is 4.34. The molecule has 0 fully saturated rings. The molecule has 0 saturated heterocycles. The first kappa shape index (κ1) is 15.0. The molecule has 0 aliphatic rings. The minimum absolute atomic E-state index is 0.610. The first-order valence-electron chi connectivity index (χ1n) is 6.93. The van der Waals surface area contributed by atoms with Crippen LogP contribution in [0.2, 0.25) is 25.2 Å². The van der Waals surface area contributed by atoms with Crippen LogP contribution in [0.3, 0.4) is 0 Å². The maximum atomic E-state index is 3.90. The van der Waals surface area contributed by atoms with Gasteiger partial charge in [0.2, 0.25) is 0 Å². The normalized spacial score (nSPS) is 13.1. The van der Waals surface area contributed by atoms with E-state index in [-0.39, 0.29) is 0 Å². The summed E-state index contributed by atoms with van der Waals surface area (Å²) in [6.45, 7) is 14.5. The van der Waals surface area contributed by atoms with E-state index >= 15 is 0 Å². The molecule has 100 valence electrons. The van der Waals surface area contributed by atoms with Gasteiger partial charge >= 0.3 is 0 Å². The molecule has 1 rings (SSSR count). The molecule has 1 aromatic rings. The molecular formula is C16H27NSi. The van der Waals surface area contributed by atoms with Crippen LogP contribution in [0.1, 0.15) is 13.8 Å². The zero-order valence-corrected chi connectivity index (χ0v) is 13.3. The Bertz CT molecular complexity index is 359. The van der Waals surface area contributed by atoms with Gasteiger partial charge in [0.05, 0.1) is 8.07 Å². The number of allylic oxidation sites excluding steroid dienone is 1. The van der Waals surface area contributed by atoms with Gasteiger partial charge in [0.1, 0.15) is 0 Å². The lowest BCUT2D eigenvalue weighted by Gasteiger charge is -2.35. The van der Waals surface area contributed by atoms with Crippen molar-refractivity contribution < 1.29 is 0 Å². The first-order valence-corrected chi connectivity index (χ1v) is 10.3. The molecule has 0 radical (unpaired) electrons. The Hall–Kier alpha value is -1.02. The van der Waals surface area contributed by atoms with Gasteiger partial charge in [-0.25, -0.2) is 0 Å². The highest BCUT2D eigenvalue weighted by Gasteiger charge is 2.24. The minimum Gasteiger partial charge on any atom is -0.369 e. The highest BCUT2D eigenvalue weighted by molar-refractivity contribution is 6.78. The van der Waals surface area contributed by atoms with E-state index in [2.05, 4.69) is 74.8 Å². The molecule has 1 aromatic carbocycles. The molecule has 18 heavy (non-hydrogen) atoms. The zero-order valence-electron chi connectivity index (χ0n) is 12.3. The molecule has 0 bridgehead atoms. The second-order valence-corrected chi connectivity index (χ2v) is 11.0. The van der Waals surface area contributed by atoms with E-state index in [0.717, 1.165) is 6.54 Å². The van der Waals surface area contributed by atoms with Crippen LogP contribution in [-0.4, -0.2) is 20.7 Å². The summed E-state index contributed by atoms with van der Waals surface area (Å²) < 4.78 is 0. The maximum Gasteiger partial charge on any atom is 0.0531 e. The predicted octanol–water partition coefficient (Wildman–Crippen LogP) is 4.80. The van der Waals surface area contributed by atoms with E-state index < -0.39 is 8.07 Å². The van der Waals surface area contributed by atoms with Crippen LogP contribution < -0.4 is 4.90 Å². The van der Waals surface area contributed by atoms with Crippen molar-refractivity contribution in [2.45, 2.75) is 45.1 Å². The van der Waals surface area contributed by atoms with Crippen molar-refractivity contribution in [3.05, 3.63) is 43.0 Å². The SMILES string of the molecule is C=CC[Si](C)(C)CC(C)N(CC)c1ccccc1. The fourth-order valence-corrected chi connectivity index (χ4v) is 5.52. The molecule has 2 heteroatoms. The summed E-state index contributed by atoms with van der Waals surface area (Å²) >= 11 is 0. The molecule has 1 unspecified atom stereocenters. The van der Waals surface area contributed by atoms with Crippen molar-refractivity contribution in [2.24, 2.45) is 0 Å². The van der Waals surface area contributed by atoms with Crippen LogP contribution in [0.15, 0.2) is 43.0 Å². The average molecular weight is 261 g/mol. The lowest BCUT2D eigenvalue weighted by atomic mass is 10.2. The quantitative estimate of drug-likeness (QED) is 0.503. The fraction of sp³-hybridized carbons (Fsp3) is 0.500. The van der Waals surface area contributed by atoms with Crippen LogP contribution >= 0.6 is 0 Å². The molecule has 0 saturated carbocycles. The fourth-order valence-electron chi connectivity index (χ4n) is 2.75. The van der Waals surface area contributed by atoms with E-state index in [0.29, 0.717) is 6.04 Å². The van der Waals surface area contributed by atoms with Crippen LogP contribution in [0.5, 0.6) is 0 Å². The number of nitrogens with zero attached hydrogens (tertiary/aromatic N) is 1. The standard InChI is InChI=1S/C16H27NSi/c1-6-13-18(4,5)14-15(3)17(7-2)16-11-9-8-10-12-16/h6,8-12,15H,1,7,13-14H2,2-5H3. The third-order valence-corrected chi connectivity index (χ3v) is 6.60. The van der Waals surface area contributed by atoms with E-state index in [1.165, 1.54) is 17.8 Å². The van der Waals surface area contributed by atoms with Crippen molar-refractivity contribution in [1.82, 2.24) is 0 Å². The van der Waals surface area contributed by atoms with Gasteiger partial charge in [-0.3, -0.25) is 0 Å². The Labute approximate surface area is 114 Å². The smallest absolute Gasteiger partial charge is 0.0531 e. The van der Waals surface area contributed by atoms with Gasteiger partial charge in [-0.2, -0.15) is 0 Å². The Morgan fingerprint density at radius 3 is 2.39 bits per heavy atom. The van der Waals surface area contributed by atoms with Gasteiger partial charge in [-0.05, 0) is 38.1 Å². The second-order valence-electron chi connectivity index (χ2n) is 5.83. The van der Waals surface area contributed by atoms with Crippen molar-refractivity contribution in [1.29, 1.82) is 0 Å². The molecule has 0 heterocycles. The van der Waals surface area contributed by atoms with Crippen LogP contribution in [0.25, 0.3) is 0 Å². The minimum atomic E-state index is -1.14. The van der Waals surface area contributed by atoms with Crippen LogP contribution in [0.4, 0.5) is 5.69 Å². The summed E-state index contributed by atoms with van der Waals surface area (Å²) in [7, 11) is -1.14. The van der Waals surface area contributed by atoms with Gasteiger partial charge in [0.25, 0.3) is 0 Å². The average Bonchev–Trinajstić information content (AvgIpc) is 2.30. The van der Waals surface area contributed by atoms with Gasteiger partial charge < -0.3 is 4.90 Å². The second kappa shape index (κ2) is 6.79. The number of hydrogen-bond donors (Lipinski definition) is 0. The van der Waals surface area contributed by atoms with E-state index in [1.807, 2.05) is 0 Å². The molecule has 0 amide bonds. The molecule has 0 aliphatic heterocycles. The Kier molecular flexibility index (Phi) is 5.67. The van der Waals surface area contributed by atoms with Gasteiger partial charge in [0, 0.05) is 18.3 Å². The lowest BCUT2D eigenvalue weighted by molar-refractivity contribution is 0.693. The topological polar surface area (TPSA) is 3.24 Å². The lowest BCUT2D eigenvalue weighted by Crippen LogP contribution is -2.39. The van der Waals surface area contributed by atoms with Crippen molar-refractivity contribution in [2.75, 3.05) is 11.4 Å². The third-order valence-electron chi connectivity index (χ3n) is 3.51. The zero-order chi connectivity index (χ0) is 13.6. The van der Waals surface area contributed by atoms with Crippen molar-refractivity contribution >= 4 is 13.8 Å². The number of rotatable bonds is 7. The summed E-state index contributed by atoms with van der Waals surface area (Å²) in [4.78, 5) is 2.51. The number of hydrogen-bond acceptors (Lipinski definition) is 1. The Balaban J connectivity index is 2.74. The molecule has 0 aliphatic carbocycles. The Morgan fingerprint density at radius 1 is 1.28 bits per heavy atom. The summed E-state index contributed by atoms with van der Waals surface area (Å²) in [6.07, 6.45) is 2.09. The predicted molar refractivity (Wildman–Crippen MR) is 86.2 cm³/mol. The monoisotopic (exact) mass is 261 g/mol. The van der Waals surface area contributed by atoms with E-state index in [9.17, 15) is 0 Å². The molecular weight excluding hydrogens is 234 g/mol. The Morgan fingerprint density at radius 2 is 1.89 bits per heavy atom. The molecule has 1 atom stereocenters. The van der Waals surface area contributed by atoms with Gasteiger partial charge in [-0.15, -0.1) is 6.58 Å². The van der Waals surface area contributed by atoms with Crippen LogP contribution in [-0.2, 0) is 0 Å². The molecule has 0 N–H and O–H groups in total. The summed E-state index contributed by atoms with van der Waals surface area (Å²) in [6, 6.07) is 13.9. The van der Waals surface area contributed by atoms with Crippen molar-refractivity contribution in [3.63, 3.8) is 0 Å². The number of benzene rings is 1. The highest BCUT2D eigenvalue weighted by Crippen LogP contribution is 2.24. The maximum absolute atomic E-state index is 3.90. The van der Waals surface area contributed by atoms with Gasteiger partial charge in [0.15, 0.2) is 0 Å². The van der Waals surface area contributed by atoms with Crippen LogP contribution in [0, 0.1) is 0 Å². The number of anilines is 1. The number of para-hydroxylation sites is 1. The van der Waals surface area contributed by atoms with E-state index in [4.69, 9.17) is 0 Å². The highest BCUT2D eigenvalue weighted by atomic mass is 28.3. The molecule has 1 nitrogen and oxygen atoms in total. The van der Waals surface area contributed by atoms with Gasteiger partial charge in [-0.1, -0.05) is 37.4 Å². The summed E-state index contributed by atoms with van der Waals surface area (Å²) in [5, 5.41) is 0.